The summed E-state index contributed by atoms with van der Waals surface area (Å²) in [6.07, 6.45) is 7.67. The number of unbranched alkanes of at least 4 members (excludes halogenated alkanes) is 2. The summed E-state index contributed by atoms with van der Waals surface area (Å²) in [7, 11) is 0. The first-order valence-corrected chi connectivity index (χ1v) is 6.55. The minimum Gasteiger partial charge on any atom is -0.353 e. The molecule has 2 heteroatoms. The maximum atomic E-state index is 5.90. The number of hydrogen-bond donors (Lipinski definition) is 0. The molecule has 0 saturated carbocycles. The van der Waals surface area contributed by atoms with Gasteiger partial charge in [0.2, 0.25) is 0 Å². The van der Waals surface area contributed by atoms with Crippen molar-refractivity contribution in [3.63, 3.8) is 0 Å². The molecule has 0 bridgehead atoms. The van der Waals surface area contributed by atoms with Crippen molar-refractivity contribution in [2.24, 2.45) is 5.92 Å². The molecule has 0 N–H and O–H groups in total. The summed E-state index contributed by atoms with van der Waals surface area (Å²) < 4.78 is 11.6. The largest absolute Gasteiger partial charge is 0.353 e. The first-order chi connectivity index (χ1) is 7.27. The van der Waals surface area contributed by atoms with Crippen LogP contribution in [0.4, 0.5) is 0 Å². The molecule has 1 aliphatic heterocycles. The zero-order valence-electron chi connectivity index (χ0n) is 10.5. The van der Waals surface area contributed by atoms with Gasteiger partial charge >= 0.3 is 0 Å². The van der Waals surface area contributed by atoms with E-state index in [4.69, 9.17) is 9.47 Å². The summed E-state index contributed by atoms with van der Waals surface area (Å²) in [4.78, 5) is 0. The van der Waals surface area contributed by atoms with Crippen molar-refractivity contribution in [2.45, 2.75) is 71.7 Å². The Bertz CT molecular complexity index is 159. The third-order valence-corrected chi connectivity index (χ3v) is 3.17. The van der Waals surface area contributed by atoms with Gasteiger partial charge < -0.3 is 9.47 Å². The van der Waals surface area contributed by atoms with Gasteiger partial charge in [0, 0.05) is 13.0 Å². The lowest BCUT2D eigenvalue weighted by Crippen LogP contribution is -2.16. The van der Waals surface area contributed by atoms with Crippen molar-refractivity contribution in [1.29, 1.82) is 0 Å². The summed E-state index contributed by atoms with van der Waals surface area (Å²) >= 11 is 0. The Morgan fingerprint density at radius 1 is 1.20 bits per heavy atom. The fourth-order valence-electron chi connectivity index (χ4n) is 2.06. The molecule has 1 unspecified atom stereocenters. The number of ether oxygens (including phenoxy) is 2. The van der Waals surface area contributed by atoms with Crippen molar-refractivity contribution in [2.75, 3.05) is 6.61 Å². The molecule has 0 radical (unpaired) electrons. The van der Waals surface area contributed by atoms with Crippen LogP contribution in [0.2, 0.25) is 0 Å². The fourth-order valence-corrected chi connectivity index (χ4v) is 2.06. The van der Waals surface area contributed by atoms with E-state index < -0.39 is 0 Å². The van der Waals surface area contributed by atoms with E-state index in [1.54, 1.807) is 0 Å². The van der Waals surface area contributed by atoms with Crippen LogP contribution in [0, 0.1) is 5.92 Å². The smallest absolute Gasteiger partial charge is 0.158 e. The molecule has 1 aliphatic rings. The first kappa shape index (κ1) is 13.0. The van der Waals surface area contributed by atoms with Gasteiger partial charge in [0.1, 0.15) is 0 Å². The van der Waals surface area contributed by atoms with E-state index in [1.807, 2.05) is 0 Å². The normalized spacial score (nSPS) is 31.0. The summed E-state index contributed by atoms with van der Waals surface area (Å²) in [6.45, 7) is 7.55. The molecular formula is C13H26O2. The monoisotopic (exact) mass is 214 g/mol. The highest BCUT2D eigenvalue weighted by Crippen LogP contribution is 2.30. The Balaban J connectivity index is 2.16. The topological polar surface area (TPSA) is 18.5 Å². The Hall–Kier alpha value is -0.0800. The molecule has 1 rings (SSSR count). The van der Waals surface area contributed by atoms with E-state index in [-0.39, 0.29) is 6.29 Å². The molecular weight excluding hydrogens is 188 g/mol. The SMILES string of the molecule is CCCCOC1C[C@H](C)[C@@H](CCCC)O1. The summed E-state index contributed by atoms with van der Waals surface area (Å²) in [5.74, 6) is 0.670. The Labute approximate surface area is 94.3 Å². The maximum Gasteiger partial charge on any atom is 0.158 e. The number of rotatable bonds is 7. The molecule has 0 spiro atoms. The third-order valence-electron chi connectivity index (χ3n) is 3.17. The lowest BCUT2D eigenvalue weighted by atomic mass is 9.99. The van der Waals surface area contributed by atoms with Gasteiger partial charge in [-0.25, -0.2) is 0 Å². The van der Waals surface area contributed by atoms with Gasteiger partial charge in [-0.3, -0.25) is 0 Å². The molecule has 90 valence electrons. The molecule has 0 amide bonds. The fraction of sp³-hybridized carbons (Fsp3) is 1.00. The first-order valence-electron chi connectivity index (χ1n) is 6.55. The summed E-state index contributed by atoms with van der Waals surface area (Å²) in [5.41, 5.74) is 0. The van der Waals surface area contributed by atoms with Gasteiger partial charge in [-0.15, -0.1) is 0 Å². The van der Waals surface area contributed by atoms with E-state index in [0.29, 0.717) is 12.0 Å². The van der Waals surface area contributed by atoms with Gasteiger partial charge in [0.25, 0.3) is 0 Å². The average molecular weight is 214 g/mol. The lowest BCUT2D eigenvalue weighted by Gasteiger charge is -2.15. The van der Waals surface area contributed by atoms with E-state index in [2.05, 4.69) is 20.8 Å². The minimum absolute atomic E-state index is 0.0772. The third kappa shape index (κ3) is 4.52. The molecule has 1 fully saturated rings. The van der Waals surface area contributed by atoms with Gasteiger partial charge in [0.05, 0.1) is 6.10 Å². The molecule has 2 nitrogen and oxygen atoms in total. The average Bonchev–Trinajstić information content (AvgIpc) is 2.57. The van der Waals surface area contributed by atoms with Crippen LogP contribution in [0.15, 0.2) is 0 Å². The van der Waals surface area contributed by atoms with E-state index >= 15 is 0 Å². The Morgan fingerprint density at radius 2 is 1.93 bits per heavy atom. The van der Waals surface area contributed by atoms with Gasteiger partial charge in [-0.2, -0.15) is 0 Å². The highest BCUT2D eigenvalue weighted by atomic mass is 16.7. The second-order valence-corrected chi connectivity index (χ2v) is 4.68. The van der Waals surface area contributed by atoms with Crippen LogP contribution in [0.3, 0.4) is 0 Å². The van der Waals surface area contributed by atoms with Crippen molar-refractivity contribution < 1.29 is 9.47 Å². The zero-order valence-corrected chi connectivity index (χ0v) is 10.5. The standard InChI is InChI=1S/C13H26O2/c1-4-6-8-12-11(3)10-13(15-12)14-9-7-5-2/h11-13H,4-10H2,1-3H3/t11-,12+,13?/m0/s1. The van der Waals surface area contributed by atoms with E-state index in [1.165, 1.54) is 25.7 Å². The summed E-state index contributed by atoms with van der Waals surface area (Å²) in [5, 5.41) is 0. The summed E-state index contributed by atoms with van der Waals surface area (Å²) in [6, 6.07) is 0. The molecule has 0 aromatic heterocycles. The van der Waals surface area contributed by atoms with E-state index in [9.17, 15) is 0 Å². The van der Waals surface area contributed by atoms with Gasteiger partial charge in [-0.1, -0.05) is 40.0 Å². The highest BCUT2D eigenvalue weighted by molar-refractivity contribution is 4.75. The van der Waals surface area contributed by atoms with Crippen LogP contribution in [0.1, 0.15) is 59.3 Å². The second kappa shape index (κ2) is 7.24. The molecule has 0 aromatic carbocycles. The minimum atomic E-state index is 0.0772. The molecule has 0 aromatic rings. The highest BCUT2D eigenvalue weighted by Gasteiger charge is 2.31. The zero-order chi connectivity index (χ0) is 11.1. The Morgan fingerprint density at radius 3 is 2.60 bits per heavy atom. The maximum absolute atomic E-state index is 5.90. The number of hydrogen-bond acceptors (Lipinski definition) is 2. The second-order valence-electron chi connectivity index (χ2n) is 4.68. The molecule has 1 saturated heterocycles. The van der Waals surface area contributed by atoms with Crippen molar-refractivity contribution in [3.8, 4) is 0 Å². The lowest BCUT2D eigenvalue weighted by molar-refractivity contribution is -0.135. The van der Waals surface area contributed by atoms with Gasteiger partial charge in [0.15, 0.2) is 6.29 Å². The van der Waals surface area contributed by atoms with Crippen molar-refractivity contribution >= 4 is 0 Å². The quantitative estimate of drug-likeness (QED) is 0.601. The molecule has 3 atom stereocenters. The van der Waals surface area contributed by atoms with Crippen molar-refractivity contribution in [3.05, 3.63) is 0 Å². The van der Waals surface area contributed by atoms with Crippen LogP contribution in [-0.2, 0) is 9.47 Å². The van der Waals surface area contributed by atoms with Gasteiger partial charge in [-0.05, 0) is 18.8 Å². The predicted molar refractivity (Wildman–Crippen MR) is 62.8 cm³/mol. The van der Waals surface area contributed by atoms with Crippen molar-refractivity contribution in [1.82, 2.24) is 0 Å². The van der Waals surface area contributed by atoms with E-state index in [0.717, 1.165) is 19.4 Å². The van der Waals surface area contributed by atoms with Crippen LogP contribution >= 0.6 is 0 Å². The molecule has 15 heavy (non-hydrogen) atoms. The Kier molecular flexibility index (Phi) is 6.26. The molecule has 1 heterocycles. The molecule has 0 aliphatic carbocycles. The van der Waals surface area contributed by atoms with Crippen LogP contribution in [0.5, 0.6) is 0 Å². The predicted octanol–water partition coefficient (Wildman–Crippen LogP) is 3.74. The van der Waals surface area contributed by atoms with Crippen LogP contribution in [0.25, 0.3) is 0 Å². The van der Waals surface area contributed by atoms with Crippen LogP contribution in [-0.4, -0.2) is 19.0 Å². The van der Waals surface area contributed by atoms with Crippen LogP contribution < -0.4 is 0 Å².